The highest BCUT2D eigenvalue weighted by Crippen LogP contribution is 2.19. The van der Waals surface area contributed by atoms with Crippen LogP contribution in [0.1, 0.15) is 25.3 Å². The van der Waals surface area contributed by atoms with Crippen molar-refractivity contribution in [2.45, 2.75) is 31.6 Å². The van der Waals surface area contributed by atoms with Crippen molar-refractivity contribution in [3.63, 3.8) is 0 Å². The van der Waals surface area contributed by atoms with Crippen molar-refractivity contribution >= 4 is 23.2 Å². The fraction of sp³-hybridized carbons (Fsp3) is 0.538. The highest BCUT2D eigenvalue weighted by molar-refractivity contribution is 6.22. The van der Waals surface area contributed by atoms with Gasteiger partial charge in [0, 0.05) is 11.3 Å². The predicted octanol–water partition coefficient (Wildman–Crippen LogP) is 4.49. The van der Waals surface area contributed by atoms with E-state index in [0.717, 1.165) is 12.8 Å². The third kappa shape index (κ3) is 4.90. The van der Waals surface area contributed by atoms with Crippen LogP contribution in [0.15, 0.2) is 30.3 Å². The Kier molecular flexibility index (Phi) is 6.12. The van der Waals surface area contributed by atoms with E-state index in [2.05, 4.69) is 24.3 Å². The molecule has 0 fully saturated rings. The van der Waals surface area contributed by atoms with Gasteiger partial charge in [0.1, 0.15) is 0 Å². The van der Waals surface area contributed by atoms with Crippen molar-refractivity contribution in [2.75, 3.05) is 5.88 Å². The van der Waals surface area contributed by atoms with Gasteiger partial charge in [-0.25, -0.2) is 0 Å². The number of alkyl halides is 2. The topological polar surface area (TPSA) is 0 Å². The van der Waals surface area contributed by atoms with Gasteiger partial charge in [-0.1, -0.05) is 30.3 Å². The summed E-state index contributed by atoms with van der Waals surface area (Å²) in [5, 5.41) is 0.179. The quantitative estimate of drug-likeness (QED) is 0.647. The van der Waals surface area contributed by atoms with Crippen LogP contribution < -0.4 is 0 Å². The van der Waals surface area contributed by atoms with Crippen LogP contribution in [0.25, 0.3) is 0 Å². The standard InChI is InChI=1S/C13H18Cl2/c1-11(15)13(10-14)9-5-8-12-6-3-2-4-7-12/h2-4,6-7,11,13H,5,8-10H2,1H3. The van der Waals surface area contributed by atoms with Crippen molar-refractivity contribution in [3.8, 4) is 0 Å². The van der Waals surface area contributed by atoms with Crippen molar-refractivity contribution < 1.29 is 0 Å². The number of hydrogen-bond acceptors (Lipinski definition) is 0. The highest BCUT2D eigenvalue weighted by Gasteiger charge is 2.12. The molecule has 0 N–H and O–H groups in total. The Morgan fingerprint density at radius 2 is 1.87 bits per heavy atom. The number of halogens is 2. The summed E-state index contributed by atoms with van der Waals surface area (Å²) in [6.45, 7) is 2.02. The molecular formula is C13H18Cl2. The molecule has 0 bridgehead atoms. The van der Waals surface area contributed by atoms with Gasteiger partial charge >= 0.3 is 0 Å². The van der Waals surface area contributed by atoms with Crippen molar-refractivity contribution in [2.24, 2.45) is 5.92 Å². The van der Waals surface area contributed by atoms with Crippen LogP contribution in [0, 0.1) is 5.92 Å². The van der Waals surface area contributed by atoms with Crippen LogP contribution in [0.4, 0.5) is 0 Å². The molecule has 2 atom stereocenters. The van der Waals surface area contributed by atoms with E-state index in [-0.39, 0.29) is 5.38 Å². The van der Waals surface area contributed by atoms with E-state index in [1.54, 1.807) is 0 Å². The lowest BCUT2D eigenvalue weighted by molar-refractivity contribution is 0.507. The summed E-state index contributed by atoms with van der Waals surface area (Å²) >= 11 is 11.9. The molecule has 1 rings (SSSR count). The summed E-state index contributed by atoms with van der Waals surface area (Å²) in [5.41, 5.74) is 1.40. The summed E-state index contributed by atoms with van der Waals surface area (Å²) in [6, 6.07) is 10.5. The van der Waals surface area contributed by atoms with Gasteiger partial charge < -0.3 is 0 Å². The predicted molar refractivity (Wildman–Crippen MR) is 68.9 cm³/mol. The van der Waals surface area contributed by atoms with Gasteiger partial charge in [-0.15, -0.1) is 23.2 Å². The summed E-state index contributed by atoms with van der Waals surface area (Å²) in [6.07, 6.45) is 3.40. The Balaban J connectivity index is 2.27. The zero-order valence-corrected chi connectivity index (χ0v) is 10.6. The molecule has 2 unspecified atom stereocenters. The summed E-state index contributed by atoms with van der Waals surface area (Å²) in [4.78, 5) is 0. The molecule has 84 valence electrons. The maximum Gasteiger partial charge on any atom is 0.0347 e. The normalized spacial score (nSPS) is 14.9. The second-order valence-corrected chi connectivity index (χ2v) is 4.97. The molecule has 0 aliphatic carbocycles. The Labute approximate surface area is 103 Å². The number of aryl methyl sites for hydroxylation is 1. The maximum absolute atomic E-state index is 6.04. The van der Waals surface area contributed by atoms with Crippen LogP contribution in [-0.2, 0) is 6.42 Å². The largest absolute Gasteiger partial charge is 0.126 e. The van der Waals surface area contributed by atoms with Gasteiger partial charge in [0.05, 0.1) is 0 Å². The molecule has 0 amide bonds. The monoisotopic (exact) mass is 244 g/mol. The first-order valence-corrected chi connectivity index (χ1v) is 6.45. The van der Waals surface area contributed by atoms with Gasteiger partial charge in [-0.05, 0) is 37.7 Å². The molecule has 0 spiro atoms. The Morgan fingerprint density at radius 1 is 1.20 bits per heavy atom. The molecule has 0 aromatic heterocycles. The second kappa shape index (κ2) is 7.14. The molecule has 0 saturated heterocycles. The molecule has 1 aromatic rings. The van der Waals surface area contributed by atoms with E-state index in [1.165, 1.54) is 12.0 Å². The SMILES string of the molecule is CC(Cl)C(CCl)CCCc1ccccc1. The van der Waals surface area contributed by atoms with E-state index in [0.29, 0.717) is 11.8 Å². The minimum atomic E-state index is 0.179. The number of rotatable bonds is 6. The second-order valence-electron chi connectivity index (χ2n) is 3.97. The molecular weight excluding hydrogens is 227 g/mol. The number of hydrogen-bond donors (Lipinski definition) is 0. The molecule has 1 aromatic carbocycles. The maximum atomic E-state index is 6.04. The molecule has 0 nitrogen and oxygen atoms in total. The Hall–Kier alpha value is -0.200. The minimum Gasteiger partial charge on any atom is -0.126 e. The van der Waals surface area contributed by atoms with E-state index in [4.69, 9.17) is 23.2 Å². The average molecular weight is 245 g/mol. The summed E-state index contributed by atoms with van der Waals surface area (Å²) in [5.74, 6) is 1.11. The van der Waals surface area contributed by atoms with Gasteiger partial charge in [0.25, 0.3) is 0 Å². The first kappa shape index (κ1) is 12.9. The van der Waals surface area contributed by atoms with Gasteiger partial charge in [-0.2, -0.15) is 0 Å². The molecule has 0 heterocycles. The lowest BCUT2D eigenvalue weighted by Gasteiger charge is -2.15. The zero-order chi connectivity index (χ0) is 11.1. The minimum absolute atomic E-state index is 0.179. The van der Waals surface area contributed by atoms with Gasteiger partial charge in [0.2, 0.25) is 0 Å². The van der Waals surface area contributed by atoms with E-state index in [1.807, 2.05) is 13.0 Å². The van der Waals surface area contributed by atoms with Crippen molar-refractivity contribution in [1.29, 1.82) is 0 Å². The lowest BCUT2D eigenvalue weighted by Crippen LogP contribution is -2.13. The van der Waals surface area contributed by atoms with Crippen LogP contribution in [0.5, 0.6) is 0 Å². The number of benzene rings is 1. The van der Waals surface area contributed by atoms with Crippen LogP contribution in [-0.4, -0.2) is 11.3 Å². The van der Waals surface area contributed by atoms with Crippen LogP contribution in [0.3, 0.4) is 0 Å². The van der Waals surface area contributed by atoms with Crippen LogP contribution >= 0.6 is 23.2 Å². The van der Waals surface area contributed by atoms with Gasteiger partial charge in [0.15, 0.2) is 0 Å². The van der Waals surface area contributed by atoms with E-state index >= 15 is 0 Å². The van der Waals surface area contributed by atoms with Gasteiger partial charge in [-0.3, -0.25) is 0 Å². The first-order valence-electron chi connectivity index (χ1n) is 5.48. The van der Waals surface area contributed by atoms with Crippen LogP contribution in [0.2, 0.25) is 0 Å². The average Bonchev–Trinajstić information content (AvgIpc) is 2.25. The third-order valence-electron chi connectivity index (χ3n) is 2.73. The zero-order valence-electron chi connectivity index (χ0n) is 9.13. The van der Waals surface area contributed by atoms with E-state index in [9.17, 15) is 0 Å². The molecule has 0 aliphatic heterocycles. The molecule has 0 saturated carbocycles. The summed E-state index contributed by atoms with van der Waals surface area (Å²) < 4.78 is 0. The highest BCUT2D eigenvalue weighted by atomic mass is 35.5. The first-order chi connectivity index (χ1) is 7.24. The smallest absolute Gasteiger partial charge is 0.0347 e. The molecule has 0 radical (unpaired) electrons. The fourth-order valence-corrected chi connectivity index (χ4v) is 2.37. The fourth-order valence-electron chi connectivity index (χ4n) is 1.64. The Bertz CT molecular complexity index is 256. The molecule has 0 aliphatic rings. The van der Waals surface area contributed by atoms with E-state index < -0.39 is 0 Å². The summed E-state index contributed by atoms with van der Waals surface area (Å²) in [7, 11) is 0. The Morgan fingerprint density at radius 3 is 2.40 bits per heavy atom. The third-order valence-corrected chi connectivity index (χ3v) is 3.48. The van der Waals surface area contributed by atoms with Crippen molar-refractivity contribution in [3.05, 3.63) is 35.9 Å². The molecule has 15 heavy (non-hydrogen) atoms. The van der Waals surface area contributed by atoms with Crippen molar-refractivity contribution in [1.82, 2.24) is 0 Å². The molecule has 2 heteroatoms. The lowest BCUT2D eigenvalue weighted by atomic mass is 9.99.